The van der Waals surface area contributed by atoms with E-state index in [1.807, 2.05) is 18.2 Å². The van der Waals surface area contributed by atoms with Crippen molar-refractivity contribution in [2.45, 2.75) is 25.7 Å². The van der Waals surface area contributed by atoms with E-state index in [-0.39, 0.29) is 12.5 Å². The highest BCUT2D eigenvalue weighted by Gasteiger charge is 2.13. The molecule has 1 atom stereocenters. The van der Waals surface area contributed by atoms with Gasteiger partial charge in [0.1, 0.15) is 5.75 Å². The van der Waals surface area contributed by atoms with Crippen LogP contribution in [0.5, 0.6) is 5.75 Å². The van der Waals surface area contributed by atoms with Crippen molar-refractivity contribution in [1.29, 1.82) is 0 Å². The molecule has 0 saturated heterocycles. The van der Waals surface area contributed by atoms with Gasteiger partial charge in [-0.25, -0.2) is 0 Å². The number of hydrogen-bond donors (Lipinski definition) is 1. The van der Waals surface area contributed by atoms with Gasteiger partial charge in [-0.2, -0.15) is 0 Å². The molecule has 0 aliphatic heterocycles. The molecule has 1 radical (unpaired) electrons. The highest BCUT2D eigenvalue weighted by molar-refractivity contribution is 5.40. The number of aliphatic hydroxyl groups is 1. The van der Waals surface area contributed by atoms with Gasteiger partial charge in [0.25, 0.3) is 0 Å². The number of hydrogen-bond acceptors (Lipinski definition) is 2. The van der Waals surface area contributed by atoms with Crippen molar-refractivity contribution in [1.82, 2.24) is 0 Å². The molecule has 83 valence electrons. The first kappa shape index (κ1) is 12.1. The van der Waals surface area contributed by atoms with Crippen molar-refractivity contribution in [2.75, 3.05) is 13.7 Å². The second-order valence-corrected chi connectivity index (χ2v) is 4.03. The fourth-order valence-electron chi connectivity index (χ4n) is 1.66. The summed E-state index contributed by atoms with van der Waals surface area (Å²) < 4.78 is 5.17. The van der Waals surface area contributed by atoms with Crippen LogP contribution in [0.3, 0.4) is 0 Å². The van der Waals surface area contributed by atoms with E-state index in [0.717, 1.165) is 11.3 Å². The zero-order valence-electron chi connectivity index (χ0n) is 9.66. The molecule has 0 aliphatic rings. The third kappa shape index (κ3) is 2.72. The third-order valence-corrected chi connectivity index (χ3v) is 2.58. The van der Waals surface area contributed by atoms with Crippen LogP contribution in [-0.4, -0.2) is 18.8 Å². The summed E-state index contributed by atoms with van der Waals surface area (Å²) in [6.07, 6.45) is 0. The summed E-state index contributed by atoms with van der Waals surface area (Å²) in [7, 11) is 1.64. The zero-order valence-corrected chi connectivity index (χ0v) is 9.66. The monoisotopic (exact) mass is 207 g/mol. The molecule has 0 saturated carbocycles. The molecule has 1 unspecified atom stereocenters. The molecule has 1 N–H and O–H groups in total. The lowest BCUT2D eigenvalue weighted by atomic mass is 9.90. The first-order valence-corrected chi connectivity index (χ1v) is 5.22. The van der Waals surface area contributed by atoms with E-state index in [1.54, 1.807) is 7.11 Å². The molecule has 0 heterocycles. The molecule has 0 aromatic heterocycles. The lowest BCUT2D eigenvalue weighted by molar-refractivity contribution is 0.281. The molecule has 0 amide bonds. The second kappa shape index (κ2) is 5.17. The van der Waals surface area contributed by atoms with Crippen LogP contribution in [0.4, 0.5) is 0 Å². The Morgan fingerprint density at radius 2 is 2.00 bits per heavy atom. The van der Waals surface area contributed by atoms with Crippen LogP contribution in [0.25, 0.3) is 0 Å². The minimum absolute atomic E-state index is 0.0624. The Morgan fingerprint density at radius 3 is 2.47 bits per heavy atom. The maximum atomic E-state index is 9.15. The molecule has 15 heavy (non-hydrogen) atoms. The summed E-state index contributed by atoms with van der Waals surface area (Å²) in [4.78, 5) is 0. The van der Waals surface area contributed by atoms with Crippen molar-refractivity contribution in [3.8, 4) is 5.75 Å². The van der Waals surface area contributed by atoms with Gasteiger partial charge in [-0.05, 0) is 36.1 Å². The zero-order chi connectivity index (χ0) is 11.4. The van der Waals surface area contributed by atoms with E-state index in [9.17, 15) is 0 Å². The summed E-state index contributed by atoms with van der Waals surface area (Å²) in [6.45, 7) is 8.27. The van der Waals surface area contributed by atoms with Crippen LogP contribution < -0.4 is 4.74 Å². The first-order chi connectivity index (χ1) is 7.10. The van der Waals surface area contributed by atoms with E-state index in [1.165, 1.54) is 5.56 Å². The molecule has 2 nitrogen and oxygen atoms in total. The van der Waals surface area contributed by atoms with Gasteiger partial charge in [-0.1, -0.05) is 19.9 Å². The van der Waals surface area contributed by atoms with Gasteiger partial charge in [0.15, 0.2) is 0 Å². The topological polar surface area (TPSA) is 29.5 Å². The lowest BCUT2D eigenvalue weighted by Gasteiger charge is -2.18. The Morgan fingerprint density at radius 1 is 1.33 bits per heavy atom. The number of rotatable bonds is 4. The highest BCUT2D eigenvalue weighted by atomic mass is 16.5. The van der Waals surface area contributed by atoms with Gasteiger partial charge in [-0.3, -0.25) is 0 Å². The molecular weight excluding hydrogens is 188 g/mol. The molecule has 0 spiro atoms. The van der Waals surface area contributed by atoms with E-state index < -0.39 is 0 Å². The fourth-order valence-corrected chi connectivity index (χ4v) is 1.66. The molecule has 1 aromatic rings. The van der Waals surface area contributed by atoms with E-state index in [4.69, 9.17) is 9.84 Å². The maximum absolute atomic E-state index is 9.15. The standard InChI is InChI=1S/C13H19O2/c1-9(2)12-6-5-11(15-4)7-13(12)10(3)8-14/h5-7,9-10,14H,3,8H2,1-2,4H3. The van der Waals surface area contributed by atoms with Crippen molar-refractivity contribution in [3.63, 3.8) is 0 Å². The van der Waals surface area contributed by atoms with Crippen molar-refractivity contribution >= 4 is 0 Å². The maximum Gasteiger partial charge on any atom is 0.119 e. The molecule has 0 fully saturated rings. The number of methoxy groups -OCH3 is 1. The van der Waals surface area contributed by atoms with Gasteiger partial charge in [-0.15, -0.1) is 0 Å². The average molecular weight is 207 g/mol. The van der Waals surface area contributed by atoms with Crippen LogP contribution in [0.2, 0.25) is 0 Å². The van der Waals surface area contributed by atoms with Crippen molar-refractivity contribution in [2.24, 2.45) is 0 Å². The Balaban J connectivity index is 3.16. The largest absolute Gasteiger partial charge is 0.497 e. The predicted octanol–water partition coefficient (Wildman–Crippen LogP) is 2.73. The first-order valence-electron chi connectivity index (χ1n) is 5.22. The normalized spacial score (nSPS) is 12.9. The second-order valence-electron chi connectivity index (χ2n) is 4.03. The van der Waals surface area contributed by atoms with Crippen LogP contribution in [-0.2, 0) is 0 Å². The Kier molecular flexibility index (Phi) is 4.15. The van der Waals surface area contributed by atoms with Crippen LogP contribution >= 0.6 is 0 Å². The van der Waals surface area contributed by atoms with Crippen LogP contribution in [0.1, 0.15) is 36.8 Å². The smallest absolute Gasteiger partial charge is 0.119 e. The number of ether oxygens (including phenoxy) is 1. The summed E-state index contributed by atoms with van der Waals surface area (Å²) in [5.41, 5.74) is 2.30. The summed E-state index contributed by atoms with van der Waals surface area (Å²) >= 11 is 0. The minimum atomic E-state index is -0.0856. The average Bonchev–Trinajstić information content (AvgIpc) is 2.26. The fraction of sp³-hybridized carbons (Fsp3) is 0.462. The SMILES string of the molecule is [CH2]C(CO)c1cc(OC)ccc1C(C)C. The summed E-state index contributed by atoms with van der Waals surface area (Å²) in [5.74, 6) is 1.16. The van der Waals surface area contributed by atoms with Crippen LogP contribution in [0.15, 0.2) is 18.2 Å². The van der Waals surface area contributed by atoms with Gasteiger partial charge in [0, 0.05) is 12.5 Å². The molecule has 1 aromatic carbocycles. The van der Waals surface area contributed by atoms with E-state index in [0.29, 0.717) is 5.92 Å². The Labute approximate surface area is 91.9 Å². The predicted molar refractivity (Wildman–Crippen MR) is 62.3 cm³/mol. The van der Waals surface area contributed by atoms with Gasteiger partial charge < -0.3 is 9.84 Å². The molecule has 2 heteroatoms. The Hall–Kier alpha value is -1.02. The van der Waals surface area contributed by atoms with Crippen molar-refractivity contribution < 1.29 is 9.84 Å². The number of benzene rings is 1. The minimum Gasteiger partial charge on any atom is -0.497 e. The molecule has 1 rings (SSSR count). The summed E-state index contributed by atoms with van der Waals surface area (Å²) in [5, 5.41) is 9.15. The third-order valence-electron chi connectivity index (χ3n) is 2.58. The van der Waals surface area contributed by atoms with E-state index in [2.05, 4.69) is 20.8 Å². The molecule has 0 bridgehead atoms. The highest BCUT2D eigenvalue weighted by Crippen LogP contribution is 2.29. The molecule has 0 aliphatic carbocycles. The summed E-state index contributed by atoms with van der Waals surface area (Å²) in [6, 6.07) is 5.96. The van der Waals surface area contributed by atoms with Gasteiger partial charge in [0.05, 0.1) is 7.11 Å². The van der Waals surface area contributed by atoms with Crippen LogP contribution in [0, 0.1) is 6.92 Å². The quantitative estimate of drug-likeness (QED) is 0.822. The number of aliphatic hydroxyl groups excluding tert-OH is 1. The lowest BCUT2D eigenvalue weighted by Crippen LogP contribution is -2.05. The molecular formula is C13H19O2. The van der Waals surface area contributed by atoms with Crippen molar-refractivity contribution in [3.05, 3.63) is 36.2 Å². The van der Waals surface area contributed by atoms with E-state index >= 15 is 0 Å². The van der Waals surface area contributed by atoms with Gasteiger partial charge >= 0.3 is 0 Å². The Bertz CT molecular complexity index is 318. The van der Waals surface area contributed by atoms with Gasteiger partial charge in [0.2, 0.25) is 0 Å².